The lowest BCUT2D eigenvalue weighted by Gasteiger charge is -2.16. The zero-order valence-corrected chi connectivity index (χ0v) is 27.8. The summed E-state index contributed by atoms with van der Waals surface area (Å²) in [4.78, 5) is 24.5. The SMILES string of the molecule is C=NC(=N)C(F)(F)C(F)(F)F.CNCc1cc(C=O)n(-c2ccccc2C)n1.CNc1c(C)cc(C)cc1C(C)=O.CSCCN. The fraction of sp³-hybridized carbons (Fsp3) is 0.387. The Bertz CT molecular complexity index is 1440. The fourth-order valence-electron chi connectivity index (χ4n) is 3.72. The topological polar surface area (TPSA) is 138 Å². The summed E-state index contributed by atoms with van der Waals surface area (Å²) in [5, 5.41) is 16.6. The van der Waals surface area contributed by atoms with Crippen molar-refractivity contribution in [2.75, 3.05) is 38.0 Å². The van der Waals surface area contributed by atoms with Gasteiger partial charge in [0, 0.05) is 37.1 Å². The number of carbonyl (C=O) groups excluding carboxylic acids is 2. The van der Waals surface area contributed by atoms with Crippen molar-refractivity contribution in [1.29, 1.82) is 5.41 Å². The molecule has 5 N–H and O–H groups in total. The lowest BCUT2D eigenvalue weighted by Crippen LogP contribution is -2.42. The number of aliphatic imine (C=N–C) groups is 1. The average Bonchev–Trinajstić information content (AvgIpc) is 3.40. The van der Waals surface area contributed by atoms with E-state index >= 15 is 0 Å². The molecule has 2 aromatic carbocycles. The first kappa shape index (κ1) is 42.0. The van der Waals surface area contributed by atoms with Gasteiger partial charge in [0.2, 0.25) is 5.84 Å². The Balaban J connectivity index is 0.000000629. The van der Waals surface area contributed by atoms with Crippen molar-refractivity contribution >= 4 is 42.1 Å². The number of anilines is 1. The molecule has 0 unspecified atom stereocenters. The number of aryl methyl sites for hydroxylation is 3. The van der Waals surface area contributed by atoms with Crippen LogP contribution in [0.15, 0.2) is 47.5 Å². The number of nitrogens with one attached hydrogen (secondary N) is 3. The molecule has 0 aliphatic heterocycles. The molecule has 0 aliphatic carbocycles. The van der Waals surface area contributed by atoms with E-state index in [1.165, 1.54) is 0 Å². The van der Waals surface area contributed by atoms with Gasteiger partial charge in [0.25, 0.3) is 0 Å². The van der Waals surface area contributed by atoms with Gasteiger partial charge in [0.1, 0.15) is 5.69 Å². The van der Waals surface area contributed by atoms with Gasteiger partial charge in [-0.2, -0.15) is 38.8 Å². The maximum absolute atomic E-state index is 11.8. The molecule has 254 valence electrons. The molecule has 0 spiro atoms. The Kier molecular flexibility index (Phi) is 18.5. The van der Waals surface area contributed by atoms with E-state index in [0.717, 1.165) is 57.9 Å². The first-order chi connectivity index (χ1) is 21.5. The summed E-state index contributed by atoms with van der Waals surface area (Å²) in [6.07, 6.45) is -2.89. The number of aromatic nitrogens is 2. The summed E-state index contributed by atoms with van der Waals surface area (Å²) >= 11 is 1.78. The van der Waals surface area contributed by atoms with Gasteiger partial charge < -0.3 is 16.4 Å². The maximum atomic E-state index is 11.8. The molecule has 3 aromatic rings. The van der Waals surface area contributed by atoms with E-state index in [-0.39, 0.29) is 5.78 Å². The Morgan fingerprint density at radius 3 is 2.11 bits per heavy atom. The van der Waals surface area contributed by atoms with E-state index in [2.05, 4.69) is 33.5 Å². The van der Waals surface area contributed by atoms with Gasteiger partial charge in [-0.25, -0.2) is 9.67 Å². The van der Waals surface area contributed by atoms with E-state index < -0.39 is 17.9 Å². The standard InChI is InChI=1S/C13H15N3O.C11H15NO.C4H3F5N2.C3H9NS/c1-10-5-3-4-6-13(10)16-12(9-17)7-11(15-16)8-14-2;1-7-5-8(2)11(12-4)10(6-7)9(3)13;1-11-2(10)3(5,6)4(7,8)9;1-5-3-2-4/h3-7,9,14H,8H2,1-2H3;5-6,12H,1-4H3;10H,1H2;2-4H2,1H3. The largest absolute Gasteiger partial charge is 0.461 e. The van der Waals surface area contributed by atoms with Crippen LogP contribution in [0, 0.1) is 26.2 Å². The maximum Gasteiger partial charge on any atom is 0.461 e. The Morgan fingerprint density at radius 2 is 1.72 bits per heavy atom. The van der Waals surface area contributed by atoms with E-state index in [4.69, 9.17) is 11.1 Å². The smallest absolute Gasteiger partial charge is 0.387 e. The van der Waals surface area contributed by atoms with Crippen LogP contribution in [0.5, 0.6) is 0 Å². The summed E-state index contributed by atoms with van der Waals surface area (Å²) in [5.41, 5.74) is 12.6. The summed E-state index contributed by atoms with van der Waals surface area (Å²) in [5.74, 6) is -6.10. The van der Waals surface area contributed by atoms with Crippen molar-refractivity contribution in [1.82, 2.24) is 15.1 Å². The summed E-state index contributed by atoms with van der Waals surface area (Å²) in [6.45, 7) is 11.4. The Hall–Kier alpha value is -3.95. The molecule has 1 aromatic heterocycles. The second-order valence-electron chi connectivity index (χ2n) is 9.58. The van der Waals surface area contributed by atoms with Gasteiger partial charge >= 0.3 is 12.1 Å². The van der Waals surface area contributed by atoms with Crippen molar-refractivity contribution in [3.05, 3.63) is 76.1 Å². The number of halogens is 5. The number of hydrogen-bond donors (Lipinski definition) is 4. The van der Waals surface area contributed by atoms with Crippen molar-refractivity contribution in [2.24, 2.45) is 10.7 Å². The number of amidine groups is 1. The molecule has 46 heavy (non-hydrogen) atoms. The molecule has 0 aliphatic rings. The molecule has 0 saturated carbocycles. The van der Waals surface area contributed by atoms with Crippen molar-refractivity contribution in [3.8, 4) is 5.69 Å². The third-order valence-corrected chi connectivity index (χ3v) is 6.50. The number of rotatable bonds is 9. The van der Waals surface area contributed by atoms with Crippen molar-refractivity contribution in [3.63, 3.8) is 0 Å². The molecule has 0 amide bonds. The van der Waals surface area contributed by atoms with E-state index in [1.54, 1.807) is 29.4 Å². The quantitative estimate of drug-likeness (QED) is 0.0676. The van der Waals surface area contributed by atoms with Gasteiger partial charge in [-0.05, 0) is 82.6 Å². The number of ketones is 1. The molecular weight excluding hydrogens is 629 g/mol. The van der Waals surface area contributed by atoms with E-state index in [9.17, 15) is 31.5 Å². The molecule has 0 saturated heterocycles. The third kappa shape index (κ3) is 12.8. The highest BCUT2D eigenvalue weighted by Crippen LogP contribution is 2.36. The highest BCUT2D eigenvalue weighted by Gasteiger charge is 2.61. The number of benzene rings is 2. The normalized spacial score (nSPS) is 10.6. The molecule has 0 fully saturated rings. The number of aldehydes is 1. The van der Waals surface area contributed by atoms with Gasteiger partial charge in [-0.3, -0.25) is 15.0 Å². The zero-order chi connectivity index (χ0) is 35.7. The minimum atomic E-state index is -5.77. The van der Waals surface area contributed by atoms with Crippen LogP contribution in [0.2, 0.25) is 0 Å². The minimum Gasteiger partial charge on any atom is -0.387 e. The second kappa shape index (κ2) is 20.2. The summed E-state index contributed by atoms with van der Waals surface area (Å²) in [7, 11) is 3.69. The van der Waals surface area contributed by atoms with Crippen LogP contribution in [-0.4, -0.2) is 79.2 Å². The van der Waals surface area contributed by atoms with E-state index in [0.29, 0.717) is 12.2 Å². The first-order valence-corrected chi connectivity index (χ1v) is 15.1. The molecule has 1 heterocycles. The lowest BCUT2D eigenvalue weighted by molar-refractivity contribution is -0.249. The van der Waals surface area contributed by atoms with Gasteiger partial charge in [0.15, 0.2) is 12.1 Å². The first-order valence-electron chi connectivity index (χ1n) is 13.7. The van der Waals surface area contributed by atoms with Crippen LogP contribution in [-0.2, 0) is 6.54 Å². The molecule has 3 rings (SSSR count). The van der Waals surface area contributed by atoms with Crippen LogP contribution in [0.3, 0.4) is 0 Å². The van der Waals surface area contributed by atoms with Gasteiger partial charge in [0.05, 0.1) is 11.4 Å². The molecule has 9 nitrogen and oxygen atoms in total. The minimum absolute atomic E-state index is 0.108. The van der Waals surface area contributed by atoms with Crippen molar-refractivity contribution in [2.45, 2.75) is 46.3 Å². The predicted molar refractivity (Wildman–Crippen MR) is 178 cm³/mol. The van der Waals surface area contributed by atoms with Crippen LogP contribution in [0.4, 0.5) is 27.6 Å². The van der Waals surface area contributed by atoms with Gasteiger partial charge in [-0.1, -0.05) is 24.3 Å². The second-order valence-corrected chi connectivity index (χ2v) is 10.6. The molecule has 0 atom stereocenters. The number of para-hydroxylation sites is 1. The number of carbonyl (C=O) groups is 2. The number of alkyl halides is 5. The Labute approximate surface area is 270 Å². The number of Topliss-reactive ketones (excluding diaryl/α,β-unsaturated/α-hetero) is 1. The monoisotopic (exact) mass is 671 g/mol. The molecule has 15 heteroatoms. The fourth-order valence-corrected chi connectivity index (χ4v) is 3.96. The predicted octanol–water partition coefficient (Wildman–Crippen LogP) is 6.43. The average molecular weight is 672 g/mol. The van der Waals surface area contributed by atoms with Gasteiger partial charge in [-0.15, -0.1) is 0 Å². The number of nitrogens with zero attached hydrogens (tertiary/aromatic N) is 3. The van der Waals surface area contributed by atoms with Crippen LogP contribution < -0.4 is 16.4 Å². The highest BCUT2D eigenvalue weighted by atomic mass is 32.2. The van der Waals surface area contributed by atoms with E-state index in [1.807, 2.05) is 71.5 Å². The highest BCUT2D eigenvalue weighted by molar-refractivity contribution is 7.98. The lowest BCUT2D eigenvalue weighted by atomic mass is 10.0. The molecule has 0 radical (unpaired) electrons. The Morgan fingerprint density at radius 1 is 1.11 bits per heavy atom. The summed E-state index contributed by atoms with van der Waals surface area (Å²) < 4.78 is 59.2. The molecule has 0 bridgehead atoms. The van der Waals surface area contributed by atoms with Crippen LogP contribution >= 0.6 is 11.8 Å². The molecular formula is C31H42F5N7O2S. The third-order valence-electron chi connectivity index (χ3n) is 5.85. The van der Waals surface area contributed by atoms with Crippen LogP contribution in [0.1, 0.15) is 50.2 Å². The zero-order valence-electron chi connectivity index (χ0n) is 27.0. The number of thioether (sulfide) groups is 1. The van der Waals surface area contributed by atoms with Crippen LogP contribution in [0.25, 0.3) is 5.69 Å². The number of nitrogens with two attached hydrogens (primary N) is 1. The number of hydrogen-bond acceptors (Lipinski definition) is 8. The summed E-state index contributed by atoms with van der Waals surface area (Å²) in [6, 6.07) is 13.7. The van der Waals surface area contributed by atoms with Crippen molar-refractivity contribution < 1.29 is 31.5 Å².